The van der Waals surface area contributed by atoms with Crippen LogP contribution in [0, 0.1) is 11.6 Å². The van der Waals surface area contributed by atoms with Gasteiger partial charge in [0, 0.05) is 52.8 Å². The Morgan fingerprint density at radius 1 is 1.18 bits per heavy atom. The van der Waals surface area contributed by atoms with Gasteiger partial charge in [0.05, 0.1) is 16.1 Å². The van der Waals surface area contributed by atoms with E-state index < -0.39 is 50.0 Å². The quantitative estimate of drug-likeness (QED) is 0.216. The largest absolute Gasteiger partial charge is 0.755 e. The number of benzene rings is 2. The predicted octanol–water partition coefficient (Wildman–Crippen LogP) is 4.19. The Bertz CT molecular complexity index is 1700. The van der Waals surface area contributed by atoms with Gasteiger partial charge in [-0.3, -0.25) is 13.3 Å². The number of carbonyl (C=O) groups is 1. The first-order chi connectivity index (χ1) is 18.6. The van der Waals surface area contributed by atoms with Crippen LogP contribution in [0.1, 0.15) is 42.1 Å². The van der Waals surface area contributed by atoms with E-state index in [1.807, 2.05) is 0 Å². The maximum absolute atomic E-state index is 15.4. The number of hydrogen-bond donors (Lipinski definition) is 2. The van der Waals surface area contributed by atoms with E-state index >= 15 is 4.39 Å². The monoisotopic (exact) mass is 573 g/mol. The molecule has 39 heavy (non-hydrogen) atoms. The molecule has 0 radical (unpaired) electrons. The van der Waals surface area contributed by atoms with Crippen LogP contribution in [0.5, 0.6) is 0 Å². The average Bonchev–Trinajstić information content (AvgIpc) is 3.61. The molecule has 0 bridgehead atoms. The highest BCUT2D eigenvalue weighted by atomic mass is 32.2. The molecular weight excluding hydrogens is 550 g/mol. The van der Waals surface area contributed by atoms with Crippen molar-refractivity contribution in [1.82, 2.24) is 14.7 Å². The molecule has 2 N–H and O–H groups in total. The number of nitrogens with one attached hydrogen (secondary N) is 2. The normalized spacial score (nSPS) is 14.5. The van der Waals surface area contributed by atoms with Crippen LogP contribution < -0.4 is 9.03 Å². The highest BCUT2D eigenvalue weighted by Gasteiger charge is 2.28. The molecule has 1 aliphatic rings. The molecule has 0 saturated heterocycles. The third-order valence-corrected chi connectivity index (χ3v) is 8.62. The summed E-state index contributed by atoms with van der Waals surface area (Å²) in [4.78, 5) is 20.6. The molecule has 1 fully saturated rings. The lowest BCUT2D eigenvalue weighted by Crippen LogP contribution is -2.28. The lowest BCUT2D eigenvalue weighted by Gasteiger charge is -2.26. The van der Waals surface area contributed by atoms with Crippen LogP contribution in [-0.4, -0.2) is 45.5 Å². The van der Waals surface area contributed by atoms with Crippen LogP contribution in [0.4, 0.5) is 14.5 Å². The fourth-order valence-electron chi connectivity index (χ4n) is 4.22. The minimum atomic E-state index is -3.63. The number of aromatic amines is 1. The fourth-order valence-corrected chi connectivity index (χ4v) is 6.16. The number of sulfonamides is 1. The minimum absolute atomic E-state index is 0.0293. The number of aromatic nitrogens is 2. The number of anilines is 1. The van der Waals surface area contributed by atoms with Crippen LogP contribution >= 0.6 is 0 Å². The molecule has 1 atom stereocenters. The van der Waals surface area contributed by atoms with Gasteiger partial charge in [0.1, 0.15) is 11.5 Å². The molecule has 0 spiro atoms. The summed E-state index contributed by atoms with van der Waals surface area (Å²) >= 11 is -2.83. The Morgan fingerprint density at radius 3 is 2.54 bits per heavy atom. The SMILES string of the molecule is CCCN(c1ccc(F)c(C(=O)c2c[nH]c3ncc(-c4ccc(S(=O)(=O)NC5CC5)cc4)cc23)c1F)S(=O)[O-]. The molecule has 2 heterocycles. The summed E-state index contributed by atoms with van der Waals surface area (Å²) < 4.78 is 81.7. The molecule has 4 aromatic rings. The zero-order valence-electron chi connectivity index (χ0n) is 20.6. The van der Waals surface area contributed by atoms with Crippen molar-refractivity contribution < 1.29 is 30.8 Å². The van der Waals surface area contributed by atoms with E-state index in [1.165, 1.54) is 24.5 Å². The van der Waals surface area contributed by atoms with Crippen LogP contribution in [0.15, 0.2) is 59.8 Å². The standard InChI is InChI=1S/C26H24F2N4O5S2/c1-2-11-32(38(34)35)22-10-9-21(27)23(24(22)28)25(33)20-14-30-26-19(20)12-16(13-29-26)15-3-7-18(8-4-15)39(36,37)31-17-5-6-17/h3-4,7-10,12-14,17,31H,2,5-6,11H2,1H3,(H,29,30)(H,34,35)/p-1. The number of halogens is 2. The van der Waals surface area contributed by atoms with Gasteiger partial charge in [-0.05, 0) is 55.2 Å². The predicted molar refractivity (Wildman–Crippen MR) is 141 cm³/mol. The second-order valence-electron chi connectivity index (χ2n) is 9.15. The molecule has 13 heteroatoms. The lowest BCUT2D eigenvalue weighted by molar-refractivity contribution is 0.103. The number of ketones is 1. The molecule has 0 aliphatic heterocycles. The smallest absolute Gasteiger partial charge is 0.240 e. The van der Waals surface area contributed by atoms with Crippen molar-refractivity contribution in [3.63, 3.8) is 0 Å². The summed E-state index contributed by atoms with van der Waals surface area (Å²) in [7, 11) is -3.63. The molecule has 2 aromatic heterocycles. The van der Waals surface area contributed by atoms with E-state index in [0.717, 1.165) is 29.3 Å². The summed E-state index contributed by atoms with van der Waals surface area (Å²) in [6, 6.07) is 9.54. The van der Waals surface area contributed by atoms with Crippen molar-refractivity contribution in [3.8, 4) is 11.1 Å². The van der Waals surface area contributed by atoms with Crippen molar-refractivity contribution in [2.45, 2.75) is 37.1 Å². The molecule has 5 rings (SSSR count). The summed E-state index contributed by atoms with van der Waals surface area (Å²) in [5.74, 6) is -3.41. The first-order valence-electron chi connectivity index (χ1n) is 12.1. The Labute approximate surface area is 225 Å². The number of nitrogens with zero attached hydrogens (tertiary/aromatic N) is 2. The molecule has 204 valence electrons. The molecule has 1 aliphatic carbocycles. The maximum Gasteiger partial charge on any atom is 0.240 e. The van der Waals surface area contributed by atoms with E-state index in [1.54, 1.807) is 25.1 Å². The van der Waals surface area contributed by atoms with Crippen LogP contribution in [-0.2, 0) is 21.3 Å². The van der Waals surface area contributed by atoms with E-state index in [2.05, 4.69) is 14.7 Å². The van der Waals surface area contributed by atoms with Gasteiger partial charge in [-0.15, -0.1) is 0 Å². The molecular formula is C26H23F2N4O5S2-. The Kier molecular flexibility index (Phi) is 7.33. The maximum atomic E-state index is 15.4. The fraction of sp³-hybridized carbons (Fsp3) is 0.231. The van der Waals surface area contributed by atoms with Crippen molar-refractivity contribution in [1.29, 1.82) is 0 Å². The summed E-state index contributed by atoms with van der Waals surface area (Å²) in [6.07, 6.45) is 4.80. The van der Waals surface area contributed by atoms with Gasteiger partial charge in [0.15, 0.2) is 5.82 Å². The lowest BCUT2D eigenvalue weighted by atomic mass is 9.99. The van der Waals surface area contributed by atoms with Gasteiger partial charge in [-0.1, -0.05) is 19.1 Å². The van der Waals surface area contributed by atoms with Gasteiger partial charge in [0.25, 0.3) is 0 Å². The molecule has 0 amide bonds. The van der Waals surface area contributed by atoms with Crippen molar-refractivity contribution >= 4 is 43.8 Å². The zero-order valence-corrected chi connectivity index (χ0v) is 22.2. The third-order valence-electron chi connectivity index (χ3n) is 6.35. The highest BCUT2D eigenvalue weighted by Crippen LogP contribution is 2.31. The van der Waals surface area contributed by atoms with Gasteiger partial charge >= 0.3 is 0 Å². The second-order valence-corrected chi connectivity index (χ2v) is 11.7. The molecule has 1 unspecified atom stereocenters. The van der Waals surface area contributed by atoms with E-state index in [9.17, 15) is 26.4 Å². The van der Waals surface area contributed by atoms with E-state index in [4.69, 9.17) is 0 Å². The second kappa shape index (κ2) is 10.6. The average molecular weight is 574 g/mol. The third kappa shape index (κ3) is 5.35. The van der Waals surface area contributed by atoms with Gasteiger partial charge in [-0.2, -0.15) is 0 Å². The number of pyridine rings is 1. The van der Waals surface area contributed by atoms with Crippen LogP contribution in [0.3, 0.4) is 0 Å². The van der Waals surface area contributed by atoms with Crippen molar-refractivity contribution in [3.05, 3.63) is 77.6 Å². The summed E-state index contributed by atoms with van der Waals surface area (Å²) in [6.45, 7) is 1.64. The molecule has 2 aromatic carbocycles. The van der Waals surface area contributed by atoms with Gasteiger partial charge in [0.2, 0.25) is 15.8 Å². The van der Waals surface area contributed by atoms with E-state index in [0.29, 0.717) is 23.2 Å². The first kappa shape index (κ1) is 27.1. The summed E-state index contributed by atoms with van der Waals surface area (Å²) in [5.41, 5.74) is 0.0677. The van der Waals surface area contributed by atoms with Gasteiger partial charge < -0.3 is 9.54 Å². The number of rotatable bonds is 10. The topological polar surface area (TPSA) is 135 Å². The Morgan fingerprint density at radius 2 is 1.90 bits per heavy atom. The van der Waals surface area contributed by atoms with Gasteiger partial charge in [-0.25, -0.2) is 26.9 Å². The Hall–Kier alpha value is -3.52. The first-order valence-corrected chi connectivity index (χ1v) is 14.6. The van der Waals surface area contributed by atoms with E-state index in [-0.39, 0.29) is 28.4 Å². The molecule has 9 nitrogen and oxygen atoms in total. The highest BCUT2D eigenvalue weighted by molar-refractivity contribution is 7.89. The van der Waals surface area contributed by atoms with Crippen LogP contribution in [0.2, 0.25) is 0 Å². The minimum Gasteiger partial charge on any atom is -0.755 e. The number of fused-ring (bicyclic) bond motifs is 1. The number of H-pyrrole nitrogens is 1. The molecule has 1 saturated carbocycles. The van der Waals surface area contributed by atoms with Crippen LogP contribution in [0.25, 0.3) is 22.2 Å². The van der Waals surface area contributed by atoms with Crippen molar-refractivity contribution in [2.75, 3.05) is 10.8 Å². The Balaban J connectivity index is 1.51. The van der Waals surface area contributed by atoms with Crippen molar-refractivity contribution in [2.24, 2.45) is 0 Å². The zero-order chi connectivity index (χ0) is 27.9. The number of hydrogen-bond acceptors (Lipinski definition) is 6. The summed E-state index contributed by atoms with van der Waals surface area (Å²) in [5, 5.41) is 0.284. The number of carbonyl (C=O) groups excluding carboxylic acids is 1.